The summed E-state index contributed by atoms with van der Waals surface area (Å²) in [5.74, 6) is -3.76. The van der Waals surface area contributed by atoms with Crippen LogP contribution in [-0.2, 0) is 6.18 Å². The van der Waals surface area contributed by atoms with E-state index >= 15 is 0 Å². The number of hydrogen-bond donors (Lipinski definition) is 2. The first-order chi connectivity index (χ1) is 8.09. The van der Waals surface area contributed by atoms with Crippen molar-refractivity contribution in [3.8, 4) is 0 Å². The maximum absolute atomic E-state index is 13.1. The van der Waals surface area contributed by atoms with E-state index in [-0.39, 0.29) is 5.02 Å². The number of hydrogen-bond acceptors (Lipinski definition) is 2. The van der Waals surface area contributed by atoms with E-state index in [9.17, 15) is 22.0 Å². The Morgan fingerprint density at radius 3 is 2.22 bits per heavy atom. The Kier molecular flexibility index (Phi) is 4.19. The van der Waals surface area contributed by atoms with E-state index in [1.807, 2.05) is 0 Å². The molecule has 1 aromatic rings. The third-order valence-corrected chi connectivity index (χ3v) is 2.67. The predicted octanol–water partition coefficient (Wildman–Crippen LogP) is 2.99. The SMILES string of the molecule is N[C@H](c1cc(C(F)(F)F)ccc1Cl)C(F)(F)CO. The summed E-state index contributed by atoms with van der Waals surface area (Å²) in [7, 11) is 0. The molecule has 0 aliphatic heterocycles. The number of aliphatic hydroxyl groups excluding tert-OH is 1. The molecule has 3 N–H and O–H groups in total. The van der Waals surface area contributed by atoms with Gasteiger partial charge in [0.1, 0.15) is 6.61 Å². The van der Waals surface area contributed by atoms with Crippen molar-refractivity contribution in [2.45, 2.75) is 18.1 Å². The third-order valence-electron chi connectivity index (χ3n) is 2.32. The van der Waals surface area contributed by atoms with Crippen LogP contribution in [-0.4, -0.2) is 17.6 Å². The number of halogens is 6. The van der Waals surface area contributed by atoms with Crippen molar-refractivity contribution in [2.75, 3.05) is 6.61 Å². The largest absolute Gasteiger partial charge is 0.416 e. The van der Waals surface area contributed by atoms with Crippen LogP contribution in [0.5, 0.6) is 0 Å². The van der Waals surface area contributed by atoms with Crippen molar-refractivity contribution in [1.29, 1.82) is 0 Å². The van der Waals surface area contributed by atoms with Crippen molar-refractivity contribution >= 4 is 11.6 Å². The lowest BCUT2D eigenvalue weighted by atomic mass is 9.99. The molecule has 0 heterocycles. The van der Waals surface area contributed by atoms with Crippen LogP contribution in [0.2, 0.25) is 5.02 Å². The maximum atomic E-state index is 13.1. The van der Waals surface area contributed by atoms with E-state index in [2.05, 4.69) is 0 Å². The molecular formula is C10H9ClF5NO. The smallest absolute Gasteiger partial charge is 0.390 e. The van der Waals surface area contributed by atoms with Crippen LogP contribution < -0.4 is 5.73 Å². The first-order valence-corrected chi connectivity index (χ1v) is 5.08. The zero-order valence-corrected chi connectivity index (χ0v) is 9.56. The molecule has 0 fully saturated rings. The lowest BCUT2D eigenvalue weighted by Gasteiger charge is -2.23. The van der Waals surface area contributed by atoms with E-state index in [0.717, 1.165) is 6.07 Å². The standard InChI is InChI=1S/C10H9ClF5NO/c11-7-2-1-5(10(14,15)16)3-6(7)8(17)9(12,13)4-18/h1-3,8,18H,4,17H2/t8-/m1/s1. The van der Waals surface area contributed by atoms with E-state index in [4.69, 9.17) is 22.4 Å². The summed E-state index contributed by atoms with van der Waals surface area (Å²) in [6.07, 6.45) is -4.69. The molecule has 8 heteroatoms. The fraction of sp³-hybridized carbons (Fsp3) is 0.400. The Labute approximate surface area is 104 Å². The highest BCUT2D eigenvalue weighted by Gasteiger charge is 2.40. The summed E-state index contributed by atoms with van der Waals surface area (Å²) >= 11 is 5.54. The van der Waals surface area contributed by atoms with Gasteiger partial charge in [0.15, 0.2) is 0 Å². The predicted molar refractivity (Wildman–Crippen MR) is 55.4 cm³/mol. The van der Waals surface area contributed by atoms with Crippen LogP contribution in [0, 0.1) is 0 Å². The summed E-state index contributed by atoms with van der Waals surface area (Å²) in [4.78, 5) is 0. The summed E-state index contributed by atoms with van der Waals surface area (Å²) < 4.78 is 63.5. The van der Waals surface area contributed by atoms with Crippen LogP contribution in [0.15, 0.2) is 18.2 Å². The van der Waals surface area contributed by atoms with Gasteiger partial charge >= 0.3 is 6.18 Å². The van der Waals surface area contributed by atoms with Crippen LogP contribution in [0.1, 0.15) is 17.2 Å². The average molecular weight is 290 g/mol. The van der Waals surface area contributed by atoms with Crippen molar-refractivity contribution in [2.24, 2.45) is 5.73 Å². The Hall–Kier alpha value is -0.920. The molecule has 0 unspecified atom stereocenters. The van der Waals surface area contributed by atoms with Crippen molar-refractivity contribution in [1.82, 2.24) is 0 Å². The second kappa shape index (κ2) is 4.99. The summed E-state index contributed by atoms with van der Waals surface area (Å²) in [5.41, 5.74) is 3.44. The lowest BCUT2D eigenvalue weighted by Crippen LogP contribution is -2.36. The van der Waals surface area contributed by atoms with E-state index in [0.29, 0.717) is 12.1 Å². The number of rotatable bonds is 3. The molecule has 0 radical (unpaired) electrons. The van der Waals surface area contributed by atoms with Gasteiger partial charge in [-0.1, -0.05) is 11.6 Å². The first kappa shape index (κ1) is 15.1. The lowest BCUT2D eigenvalue weighted by molar-refractivity contribution is -0.137. The van der Waals surface area contributed by atoms with Gasteiger partial charge in [-0.15, -0.1) is 0 Å². The molecule has 0 saturated carbocycles. The molecule has 0 amide bonds. The topological polar surface area (TPSA) is 46.2 Å². The fourth-order valence-electron chi connectivity index (χ4n) is 1.28. The molecular weight excluding hydrogens is 281 g/mol. The second-order valence-electron chi connectivity index (χ2n) is 3.63. The van der Waals surface area contributed by atoms with E-state index in [1.165, 1.54) is 0 Å². The van der Waals surface area contributed by atoms with Gasteiger partial charge in [0, 0.05) is 5.02 Å². The fourth-order valence-corrected chi connectivity index (χ4v) is 1.52. The van der Waals surface area contributed by atoms with Crippen LogP contribution in [0.4, 0.5) is 22.0 Å². The van der Waals surface area contributed by atoms with E-state index in [1.54, 1.807) is 0 Å². The van der Waals surface area contributed by atoms with Gasteiger partial charge in [-0.05, 0) is 23.8 Å². The van der Waals surface area contributed by atoms with Gasteiger partial charge in [0.25, 0.3) is 5.92 Å². The van der Waals surface area contributed by atoms with Gasteiger partial charge in [0.05, 0.1) is 11.6 Å². The highest BCUT2D eigenvalue weighted by atomic mass is 35.5. The molecule has 0 aliphatic rings. The molecule has 0 aromatic heterocycles. The monoisotopic (exact) mass is 289 g/mol. The van der Waals surface area contributed by atoms with Crippen molar-refractivity contribution in [3.63, 3.8) is 0 Å². The zero-order valence-electron chi connectivity index (χ0n) is 8.81. The third kappa shape index (κ3) is 3.09. The maximum Gasteiger partial charge on any atom is 0.416 e. The minimum atomic E-state index is -4.69. The van der Waals surface area contributed by atoms with Gasteiger partial charge in [-0.25, -0.2) is 8.78 Å². The summed E-state index contributed by atoms with van der Waals surface area (Å²) in [6.45, 7) is -1.58. The first-order valence-electron chi connectivity index (χ1n) is 4.70. The molecule has 0 aliphatic carbocycles. The Morgan fingerprint density at radius 2 is 1.78 bits per heavy atom. The number of benzene rings is 1. The second-order valence-corrected chi connectivity index (χ2v) is 4.04. The minimum Gasteiger partial charge on any atom is -0.390 e. The molecule has 2 nitrogen and oxygen atoms in total. The van der Waals surface area contributed by atoms with Crippen LogP contribution in [0.25, 0.3) is 0 Å². The Balaban J connectivity index is 3.24. The number of aliphatic hydroxyl groups is 1. The van der Waals surface area contributed by atoms with Crippen molar-refractivity contribution in [3.05, 3.63) is 34.3 Å². The molecule has 0 saturated heterocycles. The molecule has 102 valence electrons. The summed E-state index contributed by atoms with van der Waals surface area (Å²) in [6, 6.07) is -0.156. The van der Waals surface area contributed by atoms with Crippen molar-refractivity contribution < 1.29 is 27.1 Å². The van der Waals surface area contributed by atoms with Gasteiger partial charge in [-0.3, -0.25) is 0 Å². The van der Waals surface area contributed by atoms with Gasteiger partial charge in [0.2, 0.25) is 0 Å². The Bertz CT molecular complexity index is 435. The molecule has 0 bridgehead atoms. The average Bonchev–Trinajstić information content (AvgIpc) is 2.27. The normalized spacial score (nSPS) is 14.7. The molecule has 1 atom stereocenters. The minimum absolute atomic E-state index is 0.316. The quantitative estimate of drug-likeness (QED) is 0.840. The zero-order chi connectivity index (χ0) is 14.1. The van der Waals surface area contributed by atoms with Crippen LogP contribution >= 0.6 is 11.6 Å². The molecule has 1 rings (SSSR count). The van der Waals surface area contributed by atoms with Crippen LogP contribution in [0.3, 0.4) is 0 Å². The highest BCUT2D eigenvalue weighted by molar-refractivity contribution is 6.31. The number of nitrogens with two attached hydrogens (primary N) is 1. The number of alkyl halides is 5. The molecule has 18 heavy (non-hydrogen) atoms. The highest BCUT2D eigenvalue weighted by Crippen LogP contribution is 2.37. The van der Waals surface area contributed by atoms with E-state index < -0.39 is 35.9 Å². The van der Waals surface area contributed by atoms with Gasteiger partial charge < -0.3 is 10.8 Å². The molecule has 1 aromatic carbocycles. The van der Waals surface area contributed by atoms with Gasteiger partial charge in [-0.2, -0.15) is 13.2 Å². The Morgan fingerprint density at radius 1 is 1.22 bits per heavy atom. The summed E-state index contributed by atoms with van der Waals surface area (Å²) in [5, 5.41) is 8.13. The molecule has 0 spiro atoms.